The molecule has 0 aromatic heterocycles. The van der Waals surface area contributed by atoms with Crippen LogP contribution in [0.5, 0.6) is 0 Å². The van der Waals surface area contributed by atoms with Gasteiger partial charge >= 0.3 is 5.97 Å². The average Bonchev–Trinajstić information content (AvgIpc) is 2.80. The summed E-state index contributed by atoms with van der Waals surface area (Å²) in [4.78, 5) is 21.0. The maximum absolute atomic E-state index is 12.0. The molecule has 140 valence electrons. The molecule has 0 heterocycles. The predicted octanol–water partition coefficient (Wildman–Crippen LogP) is 5.20. The van der Waals surface area contributed by atoms with Gasteiger partial charge in [0.25, 0.3) is 5.97 Å². The quantitative estimate of drug-likeness (QED) is 0.511. The Balaban J connectivity index is 0.000000648. The van der Waals surface area contributed by atoms with Gasteiger partial charge in [-0.2, -0.15) is 0 Å². The summed E-state index contributed by atoms with van der Waals surface area (Å²) in [6, 6.07) is 0. The van der Waals surface area contributed by atoms with Gasteiger partial charge in [0, 0.05) is 18.8 Å². The minimum absolute atomic E-state index is 0.0380. The van der Waals surface area contributed by atoms with E-state index in [1.807, 2.05) is 0 Å². The van der Waals surface area contributed by atoms with Gasteiger partial charge in [0.15, 0.2) is 0 Å². The fraction of sp³-hybridized carbons (Fsp3) is 0.900. The molecule has 1 N–H and O–H groups in total. The number of aliphatic carboxylic acids is 1. The van der Waals surface area contributed by atoms with Crippen molar-refractivity contribution in [2.24, 2.45) is 16.7 Å². The first-order valence-corrected chi connectivity index (χ1v) is 9.54. The summed E-state index contributed by atoms with van der Waals surface area (Å²) in [5.41, 5.74) is 0.536. The largest absolute Gasteiger partial charge is 0.481 e. The summed E-state index contributed by atoms with van der Waals surface area (Å²) in [6.45, 7) is 10.4. The summed E-state index contributed by atoms with van der Waals surface area (Å²) < 4.78 is 5.85. The number of unbranched alkanes of at least 4 members (excludes halogenated alkanes) is 4. The summed E-state index contributed by atoms with van der Waals surface area (Å²) >= 11 is 0. The molecule has 2 fully saturated rings. The molecule has 2 aliphatic rings. The van der Waals surface area contributed by atoms with Gasteiger partial charge in [-0.15, -0.1) is 0 Å². The van der Waals surface area contributed by atoms with Crippen molar-refractivity contribution in [3.05, 3.63) is 0 Å². The van der Waals surface area contributed by atoms with Crippen LogP contribution in [0.4, 0.5) is 0 Å². The van der Waals surface area contributed by atoms with Crippen LogP contribution in [0.1, 0.15) is 92.4 Å². The van der Waals surface area contributed by atoms with E-state index in [-0.39, 0.29) is 17.5 Å². The molecular formula is C20H36O4. The zero-order chi connectivity index (χ0) is 18.4. The second kappa shape index (κ2) is 8.87. The van der Waals surface area contributed by atoms with Gasteiger partial charge in [0.05, 0.1) is 0 Å². The van der Waals surface area contributed by atoms with Crippen LogP contribution in [0.3, 0.4) is 0 Å². The number of esters is 1. The van der Waals surface area contributed by atoms with E-state index in [9.17, 15) is 4.79 Å². The van der Waals surface area contributed by atoms with Crippen LogP contribution in [0, 0.1) is 16.7 Å². The number of carboxylic acids is 1. The first kappa shape index (κ1) is 21.0. The summed E-state index contributed by atoms with van der Waals surface area (Å²) in [5, 5.41) is 7.42. The van der Waals surface area contributed by atoms with Crippen LogP contribution < -0.4 is 0 Å². The predicted molar refractivity (Wildman–Crippen MR) is 95.8 cm³/mol. The maximum Gasteiger partial charge on any atom is 0.306 e. The highest BCUT2D eigenvalue weighted by atomic mass is 16.5. The Hall–Kier alpha value is -1.06. The molecule has 3 atom stereocenters. The van der Waals surface area contributed by atoms with Gasteiger partial charge in [0.1, 0.15) is 6.10 Å². The molecule has 24 heavy (non-hydrogen) atoms. The van der Waals surface area contributed by atoms with Crippen LogP contribution >= 0.6 is 0 Å². The second-order valence-electron chi connectivity index (χ2n) is 8.27. The van der Waals surface area contributed by atoms with E-state index in [2.05, 4.69) is 27.7 Å². The van der Waals surface area contributed by atoms with Gasteiger partial charge in [-0.1, -0.05) is 53.4 Å². The second-order valence-corrected chi connectivity index (χ2v) is 8.27. The number of hydrogen-bond donors (Lipinski definition) is 1. The van der Waals surface area contributed by atoms with Gasteiger partial charge in [-0.25, -0.2) is 0 Å². The van der Waals surface area contributed by atoms with E-state index in [0.29, 0.717) is 11.8 Å². The van der Waals surface area contributed by atoms with E-state index in [4.69, 9.17) is 14.6 Å². The minimum atomic E-state index is -0.833. The third-order valence-corrected chi connectivity index (χ3v) is 6.47. The van der Waals surface area contributed by atoms with E-state index < -0.39 is 5.97 Å². The molecule has 2 rings (SSSR count). The first-order chi connectivity index (χ1) is 11.1. The molecule has 2 saturated carbocycles. The zero-order valence-corrected chi connectivity index (χ0v) is 16.2. The Morgan fingerprint density at radius 2 is 1.71 bits per heavy atom. The van der Waals surface area contributed by atoms with Crippen LogP contribution in [0.25, 0.3) is 0 Å². The van der Waals surface area contributed by atoms with Gasteiger partial charge < -0.3 is 9.84 Å². The van der Waals surface area contributed by atoms with E-state index in [0.717, 1.165) is 25.7 Å². The number of hydrogen-bond acceptors (Lipinski definition) is 3. The van der Waals surface area contributed by atoms with E-state index in [1.54, 1.807) is 0 Å². The molecular weight excluding hydrogens is 304 g/mol. The van der Waals surface area contributed by atoms with Crippen molar-refractivity contribution in [1.29, 1.82) is 0 Å². The van der Waals surface area contributed by atoms with Crippen LogP contribution in [-0.2, 0) is 14.3 Å². The van der Waals surface area contributed by atoms with Gasteiger partial charge in [-0.05, 0) is 37.0 Å². The minimum Gasteiger partial charge on any atom is -0.481 e. The zero-order valence-electron chi connectivity index (χ0n) is 16.2. The normalized spacial score (nSPS) is 29.7. The molecule has 0 unspecified atom stereocenters. The third kappa shape index (κ3) is 4.97. The number of carboxylic acid groups (broad SMARTS) is 1. The molecule has 0 saturated heterocycles. The van der Waals surface area contributed by atoms with Crippen molar-refractivity contribution < 1.29 is 19.4 Å². The SMILES string of the molecule is CC(=O)O.CCCCCCCC(=O)O[C@H]1C[C@H]2CC[C@@]1(C)C2(C)C. The molecule has 4 heteroatoms. The smallest absolute Gasteiger partial charge is 0.306 e. The number of carbonyl (C=O) groups is 2. The Labute approximate surface area is 147 Å². The Morgan fingerprint density at radius 1 is 1.12 bits per heavy atom. The third-order valence-electron chi connectivity index (χ3n) is 6.47. The van der Waals surface area contributed by atoms with Crippen molar-refractivity contribution >= 4 is 11.9 Å². The number of carbonyl (C=O) groups excluding carboxylic acids is 1. The summed E-state index contributed by atoms with van der Waals surface area (Å²) in [5.74, 6) is -0.0501. The highest BCUT2D eigenvalue weighted by Gasteiger charge is 2.62. The molecule has 0 aliphatic heterocycles. The molecule has 0 radical (unpaired) electrons. The number of ether oxygens (including phenoxy) is 1. The fourth-order valence-corrected chi connectivity index (χ4v) is 4.40. The first-order valence-electron chi connectivity index (χ1n) is 9.54. The highest BCUT2D eigenvalue weighted by molar-refractivity contribution is 5.69. The molecule has 2 bridgehead atoms. The Kier molecular flexibility index (Phi) is 7.75. The number of fused-ring (bicyclic) bond motifs is 2. The van der Waals surface area contributed by atoms with Crippen LogP contribution in [0.15, 0.2) is 0 Å². The lowest BCUT2D eigenvalue weighted by Crippen LogP contribution is -2.38. The van der Waals surface area contributed by atoms with Crippen LogP contribution in [-0.4, -0.2) is 23.1 Å². The van der Waals surface area contributed by atoms with Crippen molar-refractivity contribution in [2.75, 3.05) is 0 Å². The van der Waals surface area contributed by atoms with Gasteiger partial charge in [0.2, 0.25) is 0 Å². The standard InChI is InChI=1S/C18H32O2.C2H4O2/c1-5-6-7-8-9-10-16(19)20-15-13-14-11-12-18(15,4)17(14,2)3;1-2(3)4/h14-15H,5-13H2,1-4H3;1H3,(H,3,4)/t14-,15+,18-;/m1./s1. The molecule has 2 aliphatic carbocycles. The maximum atomic E-state index is 12.0. The van der Waals surface area contributed by atoms with Crippen LogP contribution in [0.2, 0.25) is 0 Å². The molecule has 0 amide bonds. The van der Waals surface area contributed by atoms with E-state index >= 15 is 0 Å². The lowest BCUT2D eigenvalue weighted by Gasteiger charge is -2.38. The number of rotatable bonds is 7. The van der Waals surface area contributed by atoms with Gasteiger partial charge in [-0.3, -0.25) is 9.59 Å². The summed E-state index contributed by atoms with van der Waals surface area (Å²) in [7, 11) is 0. The lowest BCUT2D eigenvalue weighted by atomic mass is 9.70. The monoisotopic (exact) mass is 340 g/mol. The topological polar surface area (TPSA) is 63.6 Å². The average molecular weight is 341 g/mol. The van der Waals surface area contributed by atoms with Crippen molar-refractivity contribution in [3.8, 4) is 0 Å². The van der Waals surface area contributed by atoms with Crippen molar-refractivity contribution in [2.45, 2.75) is 98.5 Å². The molecule has 0 aromatic carbocycles. The fourth-order valence-electron chi connectivity index (χ4n) is 4.40. The molecule has 4 nitrogen and oxygen atoms in total. The Morgan fingerprint density at radius 3 is 2.17 bits per heavy atom. The van der Waals surface area contributed by atoms with E-state index in [1.165, 1.54) is 38.5 Å². The molecule has 0 spiro atoms. The Bertz CT molecular complexity index is 425. The molecule has 0 aromatic rings. The van der Waals surface area contributed by atoms with Crippen molar-refractivity contribution in [3.63, 3.8) is 0 Å². The lowest BCUT2D eigenvalue weighted by molar-refractivity contribution is -0.157. The highest BCUT2D eigenvalue weighted by Crippen LogP contribution is 2.66. The summed E-state index contributed by atoms with van der Waals surface area (Å²) in [6.07, 6.45) is 10.3. The van der Waals surface area contributed by atoms with Crippen molar-refractivity contribution in [1.82, 2.24) is 0 Å².